The van der Waals surface area contributed by atoms with Gasteiger partial charge in [-0.1, -0.05) is 12.1 Å². The summed E-state index contributed by atoms with van der Waals surface area (Å²) in [5.74, 6) is 0.872. The lowest BCUT2D eigenvalue weighted by molar-refractivity contribution is 0.473. The first kappa shape index (κ1) is 14.0. The maximum Gasteiger partial charge on any atom is 0.200 e. The predicted molar refractivity (Wildman–Crippen MR) is 87.8 cm³/mol. The minimum absolute atomic E-state index is 0.327. The Kier molecular flexibility index (Phi) is 3.37. The average molecular weight is 309 g/mol. The molecule has 0 aliphatic carbocycles. The normalized spacial score (nSPS) is 16.1. The summed E-state index contributed by atoms with van der Waals surface area (Å²) in [6.45, 7) is 3.96. The van der Waals surface area contributed by atoms with Crippen LogP contribution in [-0.4, -0.2) is 38.0 Å². The van der Waals surface area contributed by atoms with Crippen molar-refractivity contribution in [3.8, 4) is 5.75 Å². The number of piperidine rings is 1. The summed E-state index contributed by atoms with van der Waals surface area (Å²) in [6.07, 6.45) is 3.83. The smallest absolute Gasteiger partial charge is 0.200 e. The molecule has 6 heteroatoms. The Morgan fingerprint density at radius 2 is 1.87 bits per heavy atom. The summed E-state index contributed by atoms with van der Waals surface area (Å²) < 4.78 is 1.75. The molecule has 3 heterocycles. The fourth-order valence-corrected chi connectivity index (χ4v) is 3.37. The number of aromatic nitrogens is 4. The van der Waals surface area contributed by atoms with Gasteiger partial charge in [0, 0.05) is 13.1 Å². The Balaban J connectivity index is 1.55. The molecule has 1 aliphatic rings. The second-order valence-electron chi connectivity index (χ2n) is 6.12. The number of aryl methyl sites for hydroxylation is 1. The van der Waals surface area contributed by atoms with E-state index < -0.39 is 0 Å². The van der Waals surface area contributed by atoms with Crippen LogP contribution in [0.2, 0.25) is 0 Å². The number of phenolic OH excluding ortho intramolecular Hbond substituents is 1. The van der Waals surface area contributed by atoms with Crippen molar-refractivity contribution in [3.63, 3.8) is 0 Å². The Morgan fingerprint density at radius 1 is 1.13 bits per heavy atom. The van der Waals surface area contributed by atoms with Gasteiger partial charge in [0.2, 0.25) is 5.65 Å². The molecular formula is C17H19N5O. The van der Waals surface area contributed by atoms with Crippen LogP contribution in [0, 0.1) is 6.92 Å². The molecule has 1 aromatic carbocycles. The van der Waals surface area contributed by atoms with Crippen LogP contribution in [0.3, 0.4) is 0 Å². The molecule has 4 rings (SSSR count). The Bertz CT molecular complexity index is 819. The number of nitrogens with zero attached hydrogens (tertiary/aromatic N) is 5. The van der Waals surface area contributed by atoms with Gasteiger partial charge in [-0.25, -0.2) is 0 Å². The van der Waals surface area contributed by atoms with Crippen LogP contribution in [0.1, 0.15) is 30.0 Å². The van der Waals surface area contributed by atoms with Crippen LogP contribution in [0.15, 0.2) is 36.7 Å². The Hall–Kier alpha value is -2.63. The fourth-order valence-electron chi connectivity index (χ4n) is 3.37. The number of fused-ring (bicyclic) bond motifs is 1. The first-order valence-electron chi connectivity index (χ1n) is 7.92. The molecule has 3 aromatic rings. The highest BCUT2D eigenvalue weighted by Gasteiger charge is 2.23. The molecule has 118 valence electrons. The van der Waals surface area contributed by atoms with Crippen molar-refractivity contribution in [1.29, 1.82) is 0 Å². The molecule has 0 atom stereocenters. The summed E-state index contributed by atoms with van der Waals surface area (Å²) in [5, 5.41) is 22.0. The fraction of sp³-hybridized carbons (Fsp3) is 0.353. The van der Waals surface area contributed by atoms with Crippen LogP contribution in [-0.2, 0) is 0 Å². The zero-order valence-corrected chi connectivity index (χ0v) is 13.1. The van der Waals surface area contributed by atoms with Crippen molar-refractivity contribution in [3.05, 3.63) is 47.9 Å². The number of anilines is 1. The summed E-state index contributed by atoms with van der Waals surface area (Å²) in [5.41, 5.74) is 4.20. The predicted octanol–water partition coefficient (Wildman–Crippen LogP) is 2.52. The molecule has 1 fully saturated rings. The third-order valence-electron chi connectivity index (χ3n) is 4.57. The van der Waals surface area contributed by atoms with E-state index in [0.717, 1.165) is 43.0 Å². The maximum absolute atomic E-state index is 9.42. The molecule has 1 saturated heterocycles. The van der Waals surface area contributed by atoms with E-state index in [4.69, 9.17) is 0 Å². The van der Waals surface area contributed by atoms with E-state index in [2.05, 4.69) is 26.3 Å². The van der Waals surface area contributed by atoms with Crippen LogP contribution in [0.5, 0.6) is 5.75 Å². The van der Waals surface area contributed by atoms with Gasteiger partial charge in [0.25, 0.3) is 0 Å². The third-order valence-corrected chi connectivity index (χ3v) is 4.57. The van der Waals surface area contributed by atoms with E-state index in [-0.39, 0.29) is 0 Å². The number of rotatable bonds is 2. The van der Waals surface area contributed by atoms with Crippen molar-refractivity contribution in [1.82, 2.24) is 19.8 Å². The van der Waals surface area contributed by atoms with Gasteiger partial charge in [-0.2, -0.15) is 9.61 Å². The molecular weight excluding hydrogens is 290 g/mol. The van der Waals surface area contributed by atoms with E-state index in [0.29, 0.717) is 11.7 Å². The van der Waals surface area contributed by atoms with Gasteiger partial charge in [0.1, 0.15) is 12.1 Å². The number of phenols is 1. The SMILES string of the molecule is Cc1cc(N2CCC(c3ccc(O)cc3)CC2)c2nncn2n1. The molecule has 2 aromatic heterocycles. The summed E-state index contributed by atoms with van der Waals surface area (Å²) >= 11 is 0. The molecule has 0 amide bonds. The summed E-state index contributed by atoms with van der Waals surface area (Å²) in [7, 11) is 0. The quantitative estimate of drug-likeness (QED) is 0.788. The standard InChI is InChI=1S/C17H19N5O/c1-12-10-16(17-19-18-11-22(17)20-12)21-8-6-14(7-9-21)13-2-4-15(23)5-3-13/h2-5,10-11,14,23H,6-9H2,1H3. The monoisotopic (exact) mass is 309 g/mol. The second-order valence-corrected chi connectivity index (χ2v) is 6.12. The van der Waals surface area contributed by atoms with Crippen LogP contribution >= 0.6 is 0 Å². The molecule has 0 bridgehead atoms. The highest BCUT2D eigenvalue weighted by atomic mass is 16.3. The zero-order chi connectivity index (χ0) is 15.8. The van der Waals surface area contributed by atoms with E-state index in [1.54, 1.807) is 23.0 Å². The number of hydrogen-bond acceptors (Lipinski definition) is 5. The lowest BCUT2D eigenvalue weighted by atomic mass is 9.89. The topological polar surface area (TPSA) is 66.5 Å². The zero-order valence-electron chi connectivity index (χ0n) is 13.1. The molecule has 6 nitrogen and oxygen atoms in total. The van der Waals surface area contributed by atoms with Gasteiger partial charge in [-0.05, 0) is 49.4 Å². The van der Waals surface area contributed by atoms with E-state index in [1.165, 1.54) is 5.56 Å². The largest absolute Gasteiger partial charge is 0.508 e. The third kappa shape index (κ3) is 2.60. The van der Waals surface area contributed by atoms with Gasteiger partial charge in [0.05, 0.1) is 11.4 Å². The van der Waals surface area contributed by atoms with Crippen LogP contribution in [0.4, 0.5) is 5.69 Å². The first-order valence-corrected chi connectivity index (χ1v) is 7.92. The number of benzene rings is 1. The van der Waals surface area contributed by atoms with E-state index >= 15 is 0 Å². The highest BCUT2D eigenvalue weighted by molar-refractivity contribution is 5.68. The van der Waals surface area contributed by atoms with Crippen molar-refractivity contribution >= 4 is 11.3 Å². The minimum Gasteiger partial charge on any atom is -0.508 e. The molecule has 1 N–H and O–H groups in total. The summed E-state index contributed by atoms with van der Waals surface area (Å²) in [4.78, 5) is 2.37. The minimum atomic E-state index is 0.327. The molecule has 23 heavy (non-hydrogen) atoms. The van der Waals surface area contributed by atoms with Gasteiger partial charge in [-0.3, -0.25) is 0 Å². The second kappa shape index (κ2) is 5.53. The van der Waals surface area contributed by atoms with Crippen LogP contribution in [0.25, 0.3) is 5.65 Å². The molecule has 1 aliphatic heterocycles. The van der Waals surface area contributed by atoms with Crippen molar-refractivity contribution < 1.29 is 5.11 Å². The summed E-state index contributed by atoms with van der Waals surface area (Å²) in [6, 6.07) is 9.69. The molecule has 0 unspecified atom stereocenters. The van der Waals surface area contributed by atoms with Crippen molar-refractivity contribution in [2.45, 2.75) is 25.7 Å². The lowest BCUT2D eigenvalue weighted by Gasteiger charge is -2.33. The van der Waals surface area contributed by atoms with Gasteiger partial charge >= 0.3 is 0 Å². The van der Waals surface area contributed by atoms with E-state index in [1.807, 2.05) is 19.1 Å². The molecule has 0 radical (unpaired) electrons. The molecule has 0 saturated carbocycles. The van der Waals surface area contributed by atoms with Gasteiger partial charge < -0.3 is 10.0 Å². The molecule has 0 spiro atoms. The average Bonchev–Trinajstić information content (AvgIpc) is 3.03. The highest BCUT2D eigenvalue weighted by Crippen LogP contribution is 2.32. The van der Waals surface area contributed by atoms with Crippen molar-refractivity contribution in [2.24, 2.45) is 0 Å². The Morgan fingerprint density at radius 3 is 2.61 bits per heavy atom. The number of hydrogen-bond donors (Lipinski definition) is 1. The first-order chi connectivity index (χ1) is 11.2. The lowest BCUT2D eigenvalue weighted by Crippen LogP contribution is -2.33. The Labute approximate surface area is 134 Å². The van der Waals surface area contributed by atoms with Crippen molar-refractivity contribution in [2.75, 3.05) is 18.0 Å². The maximum atomic E-state index is 9.42. The van der Waals surface area contributed by atoms with Gasteiger partial charge in [-0.15, -0.1) is 10.2 Å². The van der Waals surface area contributed by atoms with Crippen LogP contribution < -0.4 is 4.90 Å². The number of aromatic hydroxyl groups is 1. The van der Waals surface area contributed by atoms with E-state index in [9.17, 15) is 5.11 Å². The van der Waals surface area contributed by atoms with Gasteiger partial charge in [0.15, 0.2) is 0 Å².